The number of aromatic nitrogens is 2. The molecule has 1 aromatic heterocycles. The first-order chi connectivity index (χ1) is 15.3. The molecule has 1 saturated heterocycles. The molecule has 3 rings (SSSR count). The number of rotatable bonds is 8. The van der Waals surface area contributed by atoms with Gasteiger partial charge in [0.2, 0.25) is 0 Å². The topological polar surface area (TPSA) is 146 Å². The van der Waals surface area contributed by atoms with E-state index in [1.54, 1.807) is 7.11 Å². The number of nitrogens with one attached hydrogen (secondary N) is 1. The summed E-state index contributed by atoms with van der Waals surface area (Å²) in [6.07, 6.45) is 1.66. The number of anilines is 2. The molecule has 1 fully saturated rings. The lowest BCUT2D eigenvalue weighted by atomic mass is 9.73. The third-order valence-corrected chi connectivity index (χ3v) is 5.67. The van der Waals surface area contributed by atoms with Gasteiger partial charge in [-0.1, -0.05) is 0 Å². The van der Waals surface area contributed by atoms with Gasteiger partial charge in [-0.25, -0.2) is 9.18 Å². The molecule has 10 nitrogen and oxygen atoms in total. The van der Waals surface area contributed by atoms with E-state index in [-0.39, 0.29) is 24.5 Å². The van der Waals surface area contributed by atoms with Gasteiger partial charge in [0.05, 0.1) is 17.5 Å². The van der Waals surface area contributed by atoms with Crippen LogP contribution in [0.3, 0.4) is 0 Å². The van der Waals surface area contributed by atoms with Gasteiger partial charge in [-0.2, -0.15) is 10.4 Å². The number of halogens is 1. The number of carbonyl (C=O) groups is 2. The zero-order valence-corrected chi connectivity index (χ0v) is 17.6. The van der Waals surface area contributed by atoms with Crippen molar-refractivity contribution < 1.29 is 23.8 Å². The maximum absolute atomic E-state index is 13.2. The van der Waals surface area contributed by atoms with Gasteiger partial charge in [-0.3, -0.25) is 9.48 Å². The number of nitrogens with zero attached hydrogens (tertiary/aromatic N) is 4. The van der Waals surface area contributed by atoms with Gasteiger partial charge in [0, 0.05) is 38.7 Å². The normalized spacial score (nSPS) is 20.5. The average Bonchev–Trinajstić information content (AvgIpc) is 3.19. The number of carbonyl (C=O) groups excluding carboxylic acids is 1. The summed E-state index contributed by atoms with van der Waals surface area (Å²) in [6.45, 7) is 0.659. The van der Waals surface area contributed by atoms with Gasteiger partial charge in [-0.15, -0.1) is 0 Å². The molecular weight excluding hydrogens is 419 g/mol. The van der Waals surface area contributed by atoms with Crippen LogP contribution in [0.2, 0.25) is 0 Å². The van der Waals surface area contributed by atoms with Crippen LogP contribution >= 0.6 is 0 Å². The van der Waals surface area contributed by atoms with E-state index in [0.717, 1.165) is 0 Å². The number of likely N-dealkylation sites (tertiary alicyclic amines) is 1. The summed E-state index contributed by atoms with van der Waals surface area (Å²) in [7, 11) is 1.56. The van der Waals surface area contributed by atoms with E-state index in [1.807, 2.05) is 0 Å². The van der Waals surface area contributed by atoms with Crippen molar-refractivity contribution in [2.24, 2.45) is 11.1 Å². The molecule has 4 N–H and O–H groups in total. The third kappa shape index (κ3) is 4.81. The fourth-order valence-electron chi connectivity index (χ4n) is 4.07. The van der Waals surface area contributed by atoms with Gasteiger partial charge in [0.15, 0.2) is 5.82 Å². The largest absolute Gasteiger partial charge is 0.465 e. The molecule has 0 aliphatic carbocycles. The van der Waals surface area contributed by atoms with Crippen LogP contribution in [0.4, 0.5) is 20.7 Å². The van der Waals surface area contributed by atoms with Crippen molar-refractivity contribution in [1.29, 1.82) is 5.26 Å². The summed E-state index contributed by atoms with van der Waals surface area (Å²) >= 11 is 0. The standard InChI is InChI=1S/C21H25FN6O4/c1-32-10-2-8-21(12-23)13-27(20(30)31)9-7-17(21)28-11-16(18(24)29)19(26-28)25-15-5-3-14(22)4-6-15/h3-6,11,17H,2,7-10,13H2,1H3,(H2,24,29)(H,25,26)(H,30,31). The molecule has 0 saturated carbocycles. The molecule has 1 aliphatic rings. The number of hydrogen-bond acceptors (Lipinski definition) is 6. The summed E-state index contributed by atoms with van der Waals surface area (Å²) in [5.41, 5.74) is 5.09. The van der Waals surface area contributed by atoms with E-state index < -0.39 is 29.3 Å². The van der Waals surface area contributed by atoms with Crippen molar-refractivity contribution in [2.75, 3.05) is 32.1 Å². The Morgan fingerprint density at radius 3 is 2.75 bits per heavy atom. The summed E-state index contributed by atoms with van der Waals surface area (Å²) in [4.78, 5) is 24.8. The monoisotopic (exact) mass is 444 g/mol. The van der Waals surface area contributed by atoms with Crippen molar-refractivity contribution in [1.82, 2.24) is 14.7 Å². The van der Waals surface area contributed by atoms with Crippen molar-refractivity contribution in [2.45, 2.75) is 25.3 Å². The predicted molar refractivity (Wildman–Crippen MR) is 113 cm³/mol. The highest BCUT2D eigenvalue weighted by Gasteiger charge is 2.46. The van der Waals surface area contributed by atoms with Crippen LogP contribution in [0, 0.1) is 22.6 Å². The SMILES string of the molecule is COCCCC1(C#N)CN(C(=O)O)CCC1n1cc(C(N)=O)c(Nc2ccc(F)cc2)n1. The summed E-state index contributed by atoms with van der Waals surface area (Å²) in [6, 6.07) is 7.36. The number of nitriles is 1. The number of nitrogens with two attached hydrogens (primary N) is 1. The molecule has 2 aromatic rings. The van der Waals surface area contributed by atoms with E-state index in [1.165, 1.54) is 40.0 Å². The Bertz CT molecular complexity index is 1020. The summed E-state index contributed by atoms with van der Waals surface area (Å²) in [5, 5.41) is 27.0. The zero-order chi connectivity index (χ0) is 23.3. The van der Waals surface area contributed by atoms with Crippen molar-refractivity contribution in [3.63, 3.8) is 0 Å². The maximum Gasteiger partial charge on any atom is 0.407 e. The highest BCUT2D eigenvalue weighted by molar-refractivity contribution is 5.98. The Labute approximate surface area is 184 Å². The van der Waals surface area contributed by atoms with Gasteiger partial charge < -0.3 is 25.8 Å². The number of piperidine rings is 1. The Hall–Kier alpha value is -3.65. The quantitative estimate of drug-likeness (QED) is 0.531. The molecule has 2 amide bonds. The lowest BCUT2D eigenvalue weighted by Gasteiger charge is -2.43. The molecule has 1 aliphatic heterocycles. The lowest BCUT2D eigenvalue weighted by molar-refractivity contribution is 0.0529. The molecule has 0 bridgehead atoms. The lowest BCUT2D eigenvalue weighted by Crippen LogP contribution is -2.50. The van der Waals surface area contributed by atoms with Crippen molar-refractivity contribution in [3.8, 4) is 6.07 Å². The van der Waals surface area contributed by atoms with Crippen LogP contribution in [0.25, 0.3) is 0 Å². The number of carboxylic acid groups (broad SMARTS) is 1. The number of benzene rings is 1. The molecule has 1 aromatic carbocycles. The molecule has 2 unspecified atom stereocenters. The van der Waals surface area contributed by atoms with Crippen LogP contribution in [-0.4, -0.2) is 58.6 Å². The van der Waals surface area contributed by atoms with Gasteiger partial charge in [0.1, 0.15) is 11.4 Å². The van der Waals surface area contributed by atoms with Crippen LogP contribution in [0.15, 0.2) is 30.5 Å². The number of methoxy groups -OCH3 is 1. The van der Waals surface area contributed by atoms with E-state index >= 15 is 0 Å². The van der Waals surface area contributed by atoms with Gasteiger partial charge in [-0.05, 0) is 43.5 Å². The van der Waals surface area contributed by atoms with Crippen molar-refractivity contribution in [3.05, 3.63) is 41.8 Å². The summed E-state index contributed by atoms with van der Waals surface area (Å²) in [5.74, 6) is -0.949. The van der Waals surface area contributed by atoms with Crippen LogP contribution in [0.5, 0.6) is 0 Å². The minimum absolute atomic E-state index is 0.0136. The molecular formula is C21H25FN6O4. The van der Waals surface area contributed by atoms with Crippen LogP contribution in [0.1, 0.15) is 35.7 Å². The number of amides is 2. The molecule has 0 spiro atoms. The third-order valence-electron chi connectivity index (χ3n) is 5.67. The van der Waals surface area contributed by atoms with E-state index in [4.69, 9.17) is 10.5 Å². The van der Waals surface area contributed by atoms with E-state index in [9.17, 15) is 24.3 Å². The number of ether oxygens (including phenoxy) is 1. The summed E-state index contributed by atoms with van der Waals surface area (Å²) < 4.78 is 19.8. The zero-order valence-electron chi connectivity index (χ0n) is 17.6. The molecule has 32 heavy (non-hydrogen) atoms. The van der Waals surface area contributed by atoms with Gasteiger partial charge >= 0.3 is 6.09 Å². The Balaban J connectivity index is 1.97. The second kappa shape index (κ2) is 9.65. The highest BCUT2D eigenvalue weighted by Crippen LogP contribution is 2.43. The Morgan fingerprint density at radius 2 is 2.16 bits per heavy atom. The second-order valence-electron chi connectivity index (χ2n) is 7.74. The number of primary amides is 1. The minimum Gasteiger partial charge on any atom is -0.465 e. The first kappa shape index (κ1) is 23.0. The molecule has 2 atom stereocenters. The van der Waals surface area contributed by atoms with Crippen LogP contribution < -0.4 is 11.1 Å². The van der Waals surface area contributed by atoms with Gasteiger partial charge in [0.25, 0.3) is 5.91 Å². The molecule has 0 radical (unpaired) electrons. The minimum atomic E-state index is -1.09. The Morgan fingerprint density at radius 1 is 1.44 bits per heavy atom. The first-order valence-corrected chi connectivity index (χ1v) is 10.1. The second-order valence-corrected chi connectivity index (χ2v) is 7.74. The fourth-order valence-corrected chi connectivity index (χ4v) is 4.07. The average molecular weight is 444 g/mol. The van der Waals surface area contributed by atoms with Crippen molar-refractivity contribution >= 4 is 23.5 Å². The number of hydrogen-bond donors (Lipinski definition) is 3. The first-order valence-electron chi connectivity index (χ1n) is 10.1. The van der Waals surface area contributed by atoms with Crippen LogP contribution in [-0.2, 0) is 4.74 Å². The maximum atomic E-state index is 13.2. The molecule has 11 heteroatoms. The highest BCUT2D eigenvalue weighted by atomic mass is 19.1. The Kier molecular flexibility index (Phi) is 6.95. The fraction of sp³-hybridized carbons (Fsp3) is 0.429. The molecule has 170 valence electrons. The smallest absolute Gasteiger partial charge is 0.407 e. The van der Waals surface area contributed by atoms with E-state index in [2.05, 4.69) is 16.5 Å². The molecule has 2 heterocycles. The predicted octanol–water partition coefficient (Wildman–Crippen LogP) is 2.73. The van der Waals surface area contributed by atoms with E-state index in [0.29, 0.717) is 31.6 Å².